The summed E-state index contributed by atoms with van der Waals surface area (Å²) in [6.07, 6.45) is 0. The molecule has 0 amide bonds. The minimum Gasteiger partial charge on any atom is -0.494 e. The molecule has 5 heteroatoms. The van der Waals surface area contributed by atoms with Gasteiger partial charge in [0.15, 0.2) is 5.13 Å². The zero-order chi connectivity index (χ0) is 10.8. The van der Waals surface area contributed by atoms with E-state index in [1.165, 1.54) is 11.3 Å². The highest BCUT2D eigenvalue weighted by Gasteiger charge is 2.11. The van der Waals surface area contributed by atoms with Gasteiger partial charge in [0.1, 0.15) is 5.75 Å². The third-order valence-corrected chi connectivity index (χ3v) is 2.94. The molecule has 2 N–H and O–H groups in total. The van der Waals surface area contributed by atoms with Crippen molar-refractivity contribution in [3.8, 4) is 17.0 Å². The number of nitrogens with zero attached hydrogens (tertiary/aromatic N) is 1. The summed E-state index contributed by atoms with van der Waals surface area (Å²) >= 11 is 7.40. The molecule has 1 aromatic carbocycles. The third-order valence-electron chi connectivity index (χ3n) is 1.97. The first-order chi connectivity index (χ1) is 7.22. The smallest absolute Gasteiger partial charge is 0.180 e. The second kappa shape index (κ2) is 4.08. The fraction of sp³-hybridized carbons (Fsp3) is 0.100. The van der Waals surface area contributed by atoms with E-state index in [0.717, 1.165) is 11.3 Å². The Labute approximate surface area is 96.5 Å². The number of halogens is 1. The topological polar surface area (TPSA) is 48.1 Å². The first kappa shape index (κ1) is 10.3. The van der Waals surface area contributed by atoms with Crippen molar-refractivity contribution in [2.24, 2.45) is 0 Å². The molecule has 3 nitrogen and oxygen atoms in total. The molecular weight excluding hydrogens is 232 g/mol. The molecule has 0 spiro atoms. The summed E-state index contributed by atoms with van der Waals surface area (Å²) in [5.41, 5.74) is 7.23. The SMILES string of the molecule is COc1c(Cl)cccc1-c1csc(N)n1. The van der Waals surface area contributed by atoms with Crippen LogP contribution in [0.2, 0.25) is 5.02 Å². The normalized spacial score (nSPS) is 10.3. The quantitative estimate of drug-likeness (QED) is 0.878. The average molecular weight is 241 g/mol. The number of para-hydroxylation sites is 1. The Morgan fingerprint density at radius 1 is 1.47 bits per heavy atom. The first-order valence-electron chi connectivity index (χ1n) is 4.26. The van der Waals surface area contributed by atoms with Crippen molar-refractivity contribution in [3.05, 3.63) is 28.6 Å². The number of thiazole rings is 1. The lowest BCUT2D eigenvalue weighted by atomic mass is 10.1. The average Bonchev–Trinajstić information content (AvgIpc) is 2.64. The fourth-order valence-corrected chi connectivity index (χ4v) is 2.14. The van der Waals surface area contributed by atoms with E-state index in [-0.39, 0.29) is 0 Å². The van der Waals surface area contributed by atoms with Crippen LogP contribution >= 0.6 is 22.9 Å². The molecule has 1 aromatic heterocycles. The van der Waals surface area contributed by atoms with Gasteiger partial charge in [-0.15, -0.1) is 11.3 Å². The first-order valence-corrected chi connectivity index (χ1v) is 5.52. The van der Waals surface area contributed by atoms with Crippen LogP contribution in [0.1, 0.15) is 0 Å². The number of hydrogen-bond acceptors (Lipinski definition) is 4. The summed E-state index contributed by atoms with van der Waals surface area (Å²) in [5, 5.41) is 2.98. The number of nitrogen functional groups attached to an aromatic ring is 1. The molecule has 0 aliphatic rings. The van der Waals surface area contributed by atoms with Crippen LogP contribution in [-0.2, 0) is 0 Å². The number of anilines is 1. The monoisotopic (exact) mass is 240 g/mol. The molecule has 0 fully saturated rings. The van der Waals surface area contributed by atoms with Crippen LogP contribution in [0.3, 0.4) is 0 Å². The van der Waals surface area contributed by atoms with Gasteiger partial charge in [-0.2, -0.15) is 0 Å². The van der Waals surface area contributed by atoms with Gasteiger partial charge < -0.3 is 10.5 Å². The lowest BCUT2D eigenvalue weighted by Gasteiger charge is -2.07. The number of ether oxygens (including phenoxy) is 1. The number of nitrogens with two attached hydrogens (primary N) is 1. The van der Waals surface area contributed by atoms with Crippen molar-refractivity contribution in [1.82, 2.24) is 4.98 Å². The minimum absolute atomic E-state index is 0.534. The van der Waals surface area contributed by atoms with Gasteiger partial charge in [0.05, 0.1) is 17.8 Å². The van der Waals surface area contributed by atoms with Crippen molar-refractivity contribution in [3.63, 3.8) is 0 Å². The second-order valence-corrected chi connectivity index (χ2v) is 4.19. The van der Waals surface area contributed by atoms with Crippen molar-refractivity contribution < 1.29 is 4.74 Å². The lowest BCUT2D eigenvalue weighted by molar-refractivity contribution is 0.416. The second-order valence-electron chi connectivity index (χ2n) is 2.89. The molecular formula is C10H9ClN2OS. The molecule has 0 aliphatic heterocycles. The van der Waals surface area contributed by atoms with Crippen molar-refractivity contribution >= 4 is 28.1 Å². The number of rotatable bonds is 2. The van der Waals surface area contributed by atoms with E-state index < -0.39 is 0 Å². The van der Waals surface area contributed by atoms with E-state index in [2.05, 4.69) is 4.98 Å². The summed E-state index contributed by atoms with van der Waals surface area (Å²) < 4.78 is 5.23. The van der Waals surface area contributed by atoms with Crippen LogP contribution in [0.15, 0.2) is 23.6 Å². The Morgan fingerprint density at radius 2 is 2.27 bits per heavy atom. The Hall–Kier alpha value is -1.26. The molecule has 0 radical (unpaired) electrons. The number of benzene rings is 1. The summed E-state index contributed by atoms with van der Waals surface area (Å²) in [5.74, 6) is 0.629. The predicted octanol–water partition coefficient (Wildman–Crippen LogP) is 3.05. The van der Waals surface area contributed by atoms with E-state index in [9.17, 15) is 0 Å². The van der Waals surface area contributed by atoms with Gasteiger partial charge in [-0.25, -0.2) is 4.98 Å². The Balaban J connectivity index is 2.57. The third kappa shape index (κ3) is 1.91. The largest absolute Gasteiger partial charge is 0.494 e. The molecule has 2 rings (SSSR count). The molecule has 2 aromatic rings. The van der Waals surface area contributed by atoms with E-state index in [4.69, 9.17) is 22.1 Å². The maximum atomic E-state index is 6.01. The van der Waals surface area contributed by atoms with Gasteiger partial charge in [0.2, 0.25) is 0 Å². The number of hydrogen-bond donors (Lipinski definition) is 1. The summed E-state index contributed by atoms with van der Waals surface area (Å²) in [6, 6.07) is 5.54. The molecule has 0 unspecified atom stereocenters. The van der Waals surface area contributed by atoms with Crippen LogP contribution in [0, 0.1) is 0 Å². The van der Waals surface area contributed by atoms with Gasteiger partial charge in [0, 0.05) is 10.9 Å². The van der Waals surface area contributed by atoms with E-state index in [0.29, 0.717) is 15.9 Å². The van der Waals surface area contributed by atoms with Gasteiger partial charge in [0.25, 0.3) is 0 Å². The van der Waals surface area contributed by atoms with Crippen molar-refractivity contribution in [1.29, 1.82) is 0 Å². The number of methoxy groups -OCH3 is 1. The van der Waals surface area contributed by atoms with Gasteiger partial charge in [-0.05, 0) is 12.1 Å². The van der Waals surface area contributed by atoms with Crippen LogP contribution in [0.25, 0.3) is 11.3 Å². The molecule has 0 atom stereocenters. The van der Waals surface area contributed by atoms with Gasteiger partial charge in [-0.1, -0.05) is 17.7 Å². The van der Waals surface area contributed by atoms with E-state index >= 15 is 0 Å². The molecule has 1 heterocycles. The standard InChI is InChI=1S/C10H9ClN2OS/c1-14-9-6(3-2-4-7(9)11)8-5-15-10(12)13-8/h2-5H,1H3,(H2,12,13). The molecule has 0 saturated heterocycles. The van der Waals surface area contributed by atoms with E-state index in [1.807, 2.05) is 17.5 Å². The van der Waals surface area contributed by atoms with Crippen LogP contribution in [0.4, 0.5) is 5.13 Å². The Bertz CT molecular complexity index is 484. The zero-order valence-corrected chi connectivity index (χ0v) is 9.60. The molecule has 0 saturated carbocycles. The van der Waals surface area contributed by atoms with Gasteiger partial charge >= 0.3 is 0 Å². The highest BCUT2D eigenvalue weighted by atomic mass is 35.5. The molecule has 15 heavy (non-hydrogen) atoms. The summed E-state index contributed by atoms with van der Waals surface area (Å²) in [7, 11) is 1.58. The van der Waals surface area contributed by atoms with E-state index in [1.54, 1.807) is 13.2 Å². The molecule has 0 bridgehead atoms. The maximum absolute atomic E-state index is 6.01. The Kier molecular flexibility index (Phi) is 2.79. The predicted molar refractivity (Wildman–Crippen MR) is 63.5 cm³/mol. The maximum Gasteiger partial charge on any atom is 0.180 e. The van der Waals surface area contributed by atoms with Crippen LogP contribution < -0.4 is 10.5 Å². The highest BCUT2D eigenvalue weighted by molar-refractivity contribution is 7.13. The molecule has 0 aliphatic carbocycles. The lowest BCUT2D eigenvalue weighted by Crippen LogP contribution is -1.89. The molecule has 78 valence electrons. The van der Waals surface area contributed by atoms with Crippen LogP contribution in [0.5, 0.6) is 5.75 Å². The fourth-order valence-electron chi connectivity index (χ4n) is 1.33. The summed E-state index contributed by atoms with van der Waals surface area (Å²) in [4.78, 5) is 4.19. The Morgan fingerprint density at radius 3 is 2.87 bits per heavy atom. The zero-order valence-electron chi connectivity index (χ0n) is 8.03. The van der Waals surface area contributed by atoms with Gasteiger partial charge in [-0.3, -0.25) is 0 Å². The minimum atomic E-state index is 0.534. The van der Waals surface area contributed by atoms with Crippen LogP contribution in [-0.4, -0.2) is 12.1 Å². The summed E-state index contributed by atoms with van der Waals surface area (Å²) in [6.45, 7) is 0. The number of aromatic nitrogens is 1. The van der Waals surface area contributed by atoms with Crippen molar-refractivity contribution in [2.75, 3.05) is 12.8 Å². The van der Waals surface area contributed by atoms with Crippen molar-refractivity contribution in [2.45, 2.75) is 0 Å². The highest BCUT2D eigenvalue weighted by Crippen LogP contribution is 2.36.